The van der Waals surface area contributed by atoms with Crippen molar-refractivity contribution in [3.8, 4) is 12.1 Å². The van der Waals surface area contributed by atoms with E-state index in [1.165, 1.54) is 17.9 Å². The number of anilines is 2. The number of rotatable bonds is 8. The van der Waals surface area contributed by atoms with Gasteiger partial charge in [-0.05, 0) is 56.2 Å². The number of hydrogen-bond donors (Lipinski definition) is 0. The minimum atomic E-state index is -0.947. The van der Waals surface area contributed by atoms with Crippen molar-refractivity contribution in [1.29, 1.82) is 5.26 Å². The summed E-state index contributed by atoms with van der Waals surface area (Å²) in [4.78, 5) is 30.6. The van der Waals surface area contributed by atoms with Gasteiger partial charge in [0, 0.05) is 69.4 Å². The molecule has 0 radical (unpaired) electrons. The number of halogens is 3. The van der Waals surface area contributed by atoms with E-state index in [0.29, 0.717) is 76.3 Å². The molecule has 4 aliphatic heterocycles. The highest BCUT2D eigenvalue weighted by Crippen LogP contribution is 2.43. The number of amides is 1. The van der Waals surface area contributed by atoms with E-state index in [4.69, 9.17) is 36.3 Å². The smallest absolute Gasteiger partial charge is 0.318 e. The number of benzene rings is 2. The third-order valence-corrected chi connectivity index (χ3v) is 10.6. The van der Waals surface area contributed by atoms with Crippen LogP contribution in [0, 0.1) is 17.1 Å². The van der Waals surface area contributed by atoms with Gasteiger partial charge < -0.3 is 24.2 Å². The van der Waals surface area contributed by atoms with Crippen LogP contribution in [0.5, 0.6) is 6.01 Å². The lowest BCUT2D eigenvalue weighted by Gasteiger charge is -2.38. The molecule has 1 amide bonds. The summed E-state index contributed by atoms with van der Waals surface area (Å²) in [5.74, 6) is -1.28. The molecule has 2 atom stereocenters. The molecule has 0 saturated carbocycles. The highest BCUT2D eigenvalue weighted by molar-refractivity contribution is 6.36. The van der Waals surface area contributed by atoms with Gasteiger partial charge in [0.15, 0.2) is 5.83 Å². The van der Waals surface area contributed by atoms with Gasteiger partial charge in [-0.25, -0.2) is 8.78 Å². The van der Waals surface area contributed by atoms with Crippen LogP contribution in [0.3, 0.4) is 0 Å². The minimum absolute atomic E-state index is 0.0564. The van der Waals surface area contributed by atoms with E-state index in [-0.39, 0.29) is 10.6 Å². The summed E-state index contributed by atoms with van der Waals surface area (Å²) in [6.45, 7) is 9.71. The SMILES string of the molecule is C=C(F)C(=O)N1CCN(c2nc(OCC34CCCN3C(COC)CC4)nc3c2CCN(c2cccc4ccc(F)c(Cl)c24)C3)CC1.CC#N. The number of hydrogen-bond acceptors (Lipinski definition) is 9. The van der Waals surface area contributed by atoms with Crippen molar-refractivity contribution < 1.29 is 23.0 Å². The molecule has 2 unspecified atom stereocenters. The van der Waals surface area contributed by atoms with Crippen molar-refractivity contribution >= 4 is 39.8 Å². The molecule has 7 rings (SSSR count). The van der Waals surface area contributed by atoms with E-state index < -0.39 is 17.6 Å². The summed E-state index contributed by atoms with van der Waals surface area (Å²) in [7, 11) is 1.75. The zero-order chi connectivity index (χ0) is 34.7. The second-order valence-electron chi connectivity index (χ2n) is 13.0. The minimum Gasteiger partial charge on any atom is -0.461 e. The van der Waals surface area contributed by atoms with Crippen LogP contribution < -0.4 is 14.5 Å². The molecule has 3 fully saturated rings. The molecule has 4 aliphatic rings. The largest absolute Gasteiger partial charge is 0.461 e. The quantitative estimate of drug-likeness (QED) is 0.277. The summed E-state index contributed by atoms with van der Waals surface area (Å²) in [6.07, 6.45) is 4.96. The van der Waals surface area contributed by atoms with Crippen molar-refractivity contribution in [1.82, 2.24) is 19.8 Å². The topological polar surface area (TPSA) is 98.1 Å². The Morgan fingerprint density at radius 3 is 2.63 bits per heavy atom. The highest BCUT2D eigenvalue weighted by Gasteiger charge is 2.49. The Labute approximate surface area is 290 Å². The maximum absolute atomic E-state index is 14.6. The average Bonchev–Trinajstić information content (AvgIpc) is 3.68. The summed E-state index contributed by atoms with van der Waals surface area (Å²) in [5, 5.41) is 8.98. The molecule has 10 nitrogen and oxygen atoms in total. The Kier molecular flexibility index (Phi) is 10.5. The fraction of sp³-hybridized carbons (Fsp3) is 0.500. The monoisotopic (exact) mass is 693 g/mol. The van der Waals surface area contributed by atoms with Gasteiger partial charge in [-0.1, -0.05) is 36.4 Å². The predicted molar refractivity (Wildman–Crippen MR) is 185 cm³/mol. The lowest BCUT2D eigenvalue weighted by Crippen LogP contribution is -2.50. The van der Waals surface area contributed by atoms with Crippen LogP contribution in [0.15, 0.2) is 42.7 Å². The maximum Gasteiger partial charge on any atom is 0.318 e. The van der Waals surface area contributed by atoms with Gasteiger partial charge >= 0.3 is 6.01 Å². The van der Waals surface area contributed by atoms with Crippen LogP contribution in [-0.2, 0) is 22.5 Å². The number of piperazine rings is 1. The molecule has 5 heterocycles. The van der Waals surface area contributed by atoms with Crippen LogP contribution in [0.1, 0.15) is 43.9 Å². The second-order valence-corrected chi connectivity index (χ2v) is 13.4. The molecule has 2 aromatic carbocycles. The number of methoxy groups -OCH3 is 1. The molecule has 49 heavy (non-hydrogen) atoms. The van der Waals surface area contributed by atoms with E-state index in [0.717, 1.165) is 60.4 Å². The normalized spacial score (nSPS) is 21.9. The molecular formula is C36H42ClF2N7O3. The number of ether oxygens (including phenoxy) is 2. The molecule has 0 aliphatic carbocycles. The molecule has 3 aromatic rings. The standard InChI is InChI=1S/C34H39ClF2N6O3.C2H3N/c1-22(36)32(44)41-17-15-40(16-18-41)31-25-10-14-42(28-6-3-5-23-7-8-26(37)30(35)29(23)28)19-27(25)38-33(39-31)46-21-34-11-4-13-43(34)24(9-12-34)20-45-2;1-2-3/h3,5-8,24H,1,4,9-21H2,2H3;1H3. The van der Waals surface area contributed by atoms with Crippen molar-refractivity contribution in [2.75, 3.05) is 69.4 Å². The van der Waals surface area contributed by atoms with E-state index in [2.05, 4.69) is 21.3 Å². The Balaban J connectivity index is 0.00000134. The van der Waals surface area contributed by atoms with Gasteiger partial charge in [-0.2, -0.15) is 15.2 Å². The van der Waals surface area contributed by atoms with Gasteiger partial charge in [0.05, 0.1) is 35.5 Å². The molecule has 3 saturated heterocycles. The van der Waals surface area contributed by atoms with Crippen molar-refractivity contribution in [2.24, 2.45) is 0 Å². The number of fused-ring (bicyclic) bond motifs is 3. The van der Waals surface area contributed by atoms with Crippen LogP contribution in [0.25, 0.3) is 10.8 Å². The zero-order valence-corrected chi connectivity index (χ0v) is 28.8. The summed E-state index contributed by atoms with van der Waals surface area (Å²) in [5.41, 5.74) is 2.66. The Morgan fingerprint density at radius 2 is 1.90 bits per heavy atom. The van der Waals surface area contributed by atoms with Gasteiger partial charge in [-0.3, -0.25) is 9.69 Å². The highest BCUT2D eigenvalue weighted by atomic mass is 35.5. The Morgan fingerprint density at radius 1 is 1.12 bits per heavy atom. The zero-order valence-electron chi connectivity index (χ0n) is 28.1. The number of carbonyl (C=O) groups excluding carboxylic acids is 1. The van der Waals surface area contributed by atoms with E-state index in [9.17, 15) is 13.6 Å². The third kappa shape index (κ3) is 6.89. The fourth-order valence-corrected chi connectivity index (χ4v) is 8.22. The van der Waals surface area contributed by atoms with Crippen molar-refractivity contribution in [2.45, 2.75) is 57.2 Å². The average molecular weight is 694 g/mol. The predicted octanol–water partition coefficient (Wildman–Crippen LogP) is 5.67. The summed E-state index contributed by atoms with van der Waals surface area (Å²) < 4.78 is 40.2. The number of nitrogens with zero attached hydrogens (tertiary/aromatic N) is 7. The first-order valence-corrected chi connectivity index (χ1v) is 17.2. The molecular weight excluding hydrogens is 652 g/mol. The molecule has 0 spiro atoms. The number of carbonyl (C=O) groups is 1. The first-order chi connectivity index (χ1) is 23.7. The van der Waals surface area contributed by atoms with Gasteiger partial charge in [0.2, 0.25) is 0 Å². The second kappa shape index (κ2) is 14.8. The van der Waals surface area contributed by atoms with Gasteiger partial charge in [0.25, 0.3) is 5.91 Å². The maximum atomic E-state index is 14.6. The molecule has 1 aromatic heterocycles. The first-order valence-electron chi connectivity index (χ1n) is 16.8. The van der Waals surface area contributed by atoms with Crippen LogP contribution >= 0.6 is 11.6 Å². The lowest BCUT2D eigenvalue weighted by atomic mass is 9.95. The summed E-state index contributed by atoms with van der Waals surface area (Å²) >= 11 is 6.51. The molecule has 260 valence electrons. The Hall–Kier alpha value is -4.05. The van der Waals surface area contributed by atoms with E-state index in [1.54, 1.807) is 19.2 Å². The van der Waals surface area contributed by atoms with Crippen molar-refractivity contribution in [3.05, 3.63) is 64.8 Å². The van der Waals surface area contributed by atoms with E-state index >= 15 is 0 Å². The number of aromatic nitrogens is 2. The number of nitriles is 1. The van der Waals surface area contributed by atoms with Crippen molar-refractivity contribution in [3.63, 3.8) is 0 Å². The van der Waals surface area contributed by atoms with Gasteiger partial charge in [-0.15, -0.1) is 0 Å². The molecule has 0 bridgehead atoms. The molecule has 13 heteroatoms. The van der Waals surface area contributed by atoms with Crippen LogP contribution in [0.2, 0.25) is 5.02 Å². The van der Waals surface area contributed by atoms with Crippen LogP contribution in [-0.4, -0.2) is 96.8 Å². The summed E-state index contributed by atoms with van der Waals surface area (Å²) in [6, 6.07) is 11.5. The fourth-order valence-electron chi connectivity index (χ4n) is 7.95. The first kappa shape index (κ1) is 34.8. The third-order valence-electron chi connectivity index (χ3n) is 10.2. The lowest BCUT2D eigenvalue weighted by molar-refractivity contribution is -0.128. The van der Waals surface area contributed by atoms with E-state index in [1.807, 2.05) is 18.2 Å². The van der Waals surface area contributed by atoms with Crippen LogP contribution in [0.4, 0.5) is 20.3 Å². The van der Waals surface area contributed by atoms with Gasteiger partial charge in [0.1, 0.15) is 18.2 Å². The molecule has 0 N–H and O–H groups in total. The Bertz CT molecular complexity index is 1760.